The summed E-state index contributed by atoms with van der Waals surface area (Å²) in [5.41, 5.74) is 1.38. The second-order valence-electron chi connectivity index (χ2n) is 6.95. The van der Waals surface area contributed by atoms with E-state index in [1.165, 1.54) is 6.92 Å². The average molecular weight is 311 g/mol. The molecule has 2 aliphatic heterocycles. The lowest BCUT2D eigenvalue weighted by molar-refractivity contribution is -0.132. The van der Waals surface area contributed by atoms with Gasteiger partial charge in [0.2, 0.25) is 5.91 Å². The van der Waals surface area contributed by atoms with Crippen molar-refractivity contribution >= 4 is 18.0 Å². The van der Waals surface area contributed by atoms with Crippen LogP contribution in [0.25, 0.3) is 6.08 Å². The van der Waals surface area contributed by atoms with Crippen LogP contribution in [-0.2, 0) is 15.0 Å². The highest BCUT2D eigenvalue weighted by Gasteiger charge is 2.69. The zero-order chi connectivity index (χ0) is 15.8. The van der Waals surface area contributed by atoms with E-state index in [0.29, 0.717) is 17.9 Å². The smallest absolute Gasteiger partial charge is 0.308 e. The zero-order valence-electron chi connectivity index (χ0n) is 12.8. The highest BCUT2D eigenvalue weighted by atomic mass is 16.6. The highest BCUT2D eigenvalue weighted by Crippen LogP contribution is 2.64. The summed E-state index contributed by atoms with van der Waals surface area (Å²) >= 11 is 0. The molecule has 1 saturated carbocycles. The first kappa shape index (κ1) is 13.2. The second kappa shape index (κ2) is 3.96. The molecule has 0 aromatic heterocycles. The number of hydrogen-bond acceptors (Lipinski definition) is 4. The lowest BCUT2D eigenvalue weighted by atomic mass is 9.55. The van der Waals surface area contributed by atoms with E-state index in [1.807, 2.05) is 6.07 Å². The van der Waals surface area contributed by atoms with Crippen LogP contribution in [0.3, 0.4) is 0 Å². The van der Waals surface area contributed by atoms with Crippen molar-refractivity contribution in [2.45, 2.75) is 49.7 Å². The number of esters is 1. The Morgan fingerprint density at radius 3 is 3.13 bits per heavy atom. The summed E-state index contributed by atoms with van der Waals surface area (Å²) in [7, 11) is 0. The number of benzene rings is 1. The van der Waals surface area contributed by atoms with E-state index >= 15 is 0 Å². The molecule has 4 aliphatic rings. The van der Waals surface area contributed by atoms with Crippen molar-refractivity contribution in [1.82, 2.24) is 5.32 Å². The monoisotopic (exact) mass is 311 g/mol. The Balaban J connectivity index is 1.80. The Labute approximate surface area is 133 Å². The number of hydrogen-bond donors (Lipinski definition) is 1. The van der Waals surface area contributed by atoms with E-state index in [9.17, 15) is 9.59 Å². The predicted molar refractivity (Wildman–Crippen MR) is 82.2 cm³/mol. The third-order valence-electron chi connectivity index (χ3n) is 5.85. The minimum atomic E-state index is -0.365. The van der Waals surface area contributed by atoms with Gasteiger partial charge in [0, 0.05) is 18.9 Å². The lowest BCUT2D eigenvalue weighted by Crippen LogP contribution is -2.61. The van der Waals surface area contributed by atoms with Crippen molar-refractivity contribution in [2.75, 3.05) is 0 Å². The fourth-order valence-corrected chi connectivity index (χ4v) is 5.12. The number of carbonyl (C=O) groups excluding carboxylic acids is 2. The summed E-state index contributed by atoms with van der Waals surface area (Å²) in [6, 6.07) is 3.74. The molecule has 5 heteroatoms. The molecule has 1 N–H and O–H groups in total. The van der Waals surface area contributed by atoms with Crippen LogP contribution in [0.5, 0.6) is 11.5 Å². The molecule has 5 rings (SSSR count). The minimum absolute atomic E-state index is 0.0504. The van der Waals surface area contributed by atoms with Crippen LogP contribution in [-0.4, -0.2) is 23.5 Å². The first-order valence-electron chi connectivity index (χ1n) is 8.09. The van der Waals surface area contributed by atoms with Gasteiger partial charge in [0.1, 0.15) is 6.10 Å². The van der Waals surface area contributed by atoms with E-state index in [4.69, 9.17) is 9.47 Å². The third-order valence-corrected chi connectivity index (χ3v) is 5.85. The predicted octanol–water partition coefficient (Wildman–Crippen LogP) is 2.08. The van der Waals surface area contributed by atoms with Gasteiger partial charge in [-0.05, 0) is 30.9 Å². The quantitative estimate of drug-likeness (QED) is 0.637. The fourth-order valence-electron chi connectivity index (χ4n) is 5.12. The van der Waals surface area contributed by atoms with Crippen LogP contribution < -0.4 is 14.8 Å². The van der Waals surface area contributed by atoms with Crippen molar-refractivity contribution in [3.8, 4) is 11.5 Å². The van der Waals surface area contributed by atoms with Gasteiger partial charge >= 0.3 is 5.97 Å². The Morgan fingerprint density at radius 2 is 2.30 bits per heavy atom. The van der Waals surface area contributed by atoms with E-state index in [0.717, 1.165) is 30.4 Å². The second-order valence-corrected chi connectivity index (χ2v) is 6.95. The van der Waals surface area contributed by atoms with Crippen molar-refractivity contribution in [3.63, 3.8) is 0 Å². The van der Waals surface area contributed by atoms with Crippen LogP contribution >= 0.6 is 0 Å². The summed E-state index contributed by atoms with van der Waals surface area (Å²) in [5, 5.41) is 3.21. The van der Waals surface area contributed by atoms with Gasteiger partial charge < -0.3 is 14.8 Å². The van der Waals surface area contributed by atoms with Crippen molar-refractivity contribution in [2.24, 2.45) is 0 Å². The number of carbonyl (C=O) groups is 2. The molecule has 1 spiro atoms. The Morgan fingerprint density at radius 1 is 1.43 bits per heavy atom. The zero-order valence-corrected chi connectivity index (χ0v) is 12.8. The van der Waals surface area contributed by atoms with Gasteiger partial charge in [-0.2, -0.15) is 0 Å². The molecule has 2 fully saturated rings. The standard InChI is InChI=1S/C18H17NO4/c1-10(20)22-12-5-4-11-6-8-17-7-2-3-13-18(17,9-14(21)19-17)15(11)16(12)23-13/h4-6,8,13H,2-3,7,9H2,1H3,(H,19,21)/t13-,17?,18-/m1/s1. The van der Waals surface area contributed by atoms with Gasteiger partial charge in [0.05, 0.1) is 11.0 Å². The molecule has 0 bridgehead atoms. The van der Waals surface area contributed by atoms with E-state index in [1.54, 1.807) is 6.07 Å². The Bertz CT molecular complexity index is 798. The van der Waals surface area contributed by atoms with Gasteiger partial charge in [0.25, 0.3) is 0 Å². The molecule has 0 radical (unpaired) electrons. The van der Waals surface area contributed by atoms with Crippen molar-refractivity contribution in [1.29, 1.82) is 0 Å². The first-order valence-corrected chi connectivity index (χ1v) is 8.09. The number of rotatable bonds is 1. The van der Waals surface area contributed by atoms with Crippen molar-refractivity contribution in [3.05, 3.63) is 29.3 Å². The van der Waals surface area contributed by atoms with Crippen LogP contribution in [0.15, 0.2) is 18.2 Å². The molecule has 1 aromatic carbocycles. The number of nitrogens with one attached hydrogen (secondary N) is 1. The largest absolute Gasteiger partial charge is 0.485 e. The van der Waals surface area contributed by atoms with Crippen LogP contribution in [0, 0.1) is 0 Å². The molecule has 5 nitrogen and oxygen atoms in total. The molecule has 2 aliphatic carbocycles. The van der Waals surface area contributed by atoms with Crippen molar-refractivity contribution < 1.29 is 19.1 Å². The van der Waals surface area contributed by atoms with Crippen LogP contribution in [0.1, 0.15) is 43.7 Å². The van der Waals surface area contributed by atoms with E-state index in [2.05, 4.69) is 17.5 Å². The molecular formula is C18H17NO4. The number of ether oxygens (including phenoxy) is 2. The summed E-state index contributed by atoms with van der Waals surface area (Å²) < 4.78 is 11.6. The van der Waals surface area contributed by atoms with Gasteiger partial charge in [-0.3, -0.25) is 9.59 Å². The Kier molecular flexibility index (Phi) is 2.27. The third kappa shape index (κ3) is 1.39. The highest BCUT2D eigenvalue weighted by molar-refractivity contribution is 5.88. The molecule has 2 heterocycles. The van der Waals surface area contributed by atoms with Gasteiger partial charge in [-0.1, -0.05) is 18.2 Å². The SMILES string of the molecule is CC(=O)Oc1ccc2c3c1O[C@@H]1CCCC4(C=C2)NC(=O)C[C@]314. The number of amides is 1. The maximum atomic E-state index is 12.3. The normalized spacial score (nSPS) is 35.2. The van der Waals surface area contributed by atoms with E-state index < -0.39 is 0 Å². The molecular weight excluding hydrogens is 294 g/mol. The maximum absolute atomic E-state index is 12.3. The molecule has 1 aromatic rings. The summed E-state index contributed by atoms with van der Waals surface area (Å²) in [6.45, 7) is 1.39. The summed E-state index contributed by atoms with van der Waals surface area (Å²) in [5.74, 6) is 0.817. The Hall–Kier alpha value is -2.30. The van der Waals surface area contributed by atoms with E-state index in [-0.39, 0.29) is 28.9 Å². The molecule has 118 valence electrons. The average Bonchev–Trinajstić information content (AvgIpc) is 2.99. The van der Waals surface area contributed by atoms with Crippen LogP contribution in [0.4, 0.5) is 0 Å². The van der Waals surface area contributed by atoms with Crippen LogP contribution in [0.2, 0.25) is 0 Å². The molecule has 1 unspecified atom stereocenters. The minimum Gasteiger partial charge on any atom is -0.485 e. The summed E-state index contributed by atoms with van der Waals surface area (Å²) in [4.78, 5) is 23.7. The molecule has 3 atom stereocenters. The summed E-state index contributed by atoms with van der Waals surface area (Å²) in [6.07, 6.45) is 7.44. The molecule has 1 saturated heterocycles. The van der Waals surface area contributed by atoms with Gasteiger partial charge in [-0.15, -0.1) is 0 Å². The topological polar surface area (TPSA) is 64.6 Å². The lowest BCUT2D eigenvalue weighted by Gasteiger charge is -2.49. The fraction of sp³-hybridized carbons (Fsp3) is 0.444. The first-order chi connectivity index (χ1) is 11.1. The maximum Gasteiger partial charge on any atom is 0.308 e. The molecule has 1 amide bonds. The molecule has 23 heavy (non-hydrogen) atoms. The van der Waals surface area contributed by atoms with Gasteiger partial charge in [0.15, 0.2) is 11.5 Å². The van der Waals surface area contributed by atoms with Gasteiger partial charge in [-0.25, -0.2) is 0 Å².